The van der Waals surface area contributed by atoms with Gasteiger partial charge in [0.15, 0.2) is 5.82 Å². The molecule has 0 radical (unpaired) electrons. The third-order valence-corrected chi connectivity index (χ3v) is 4.01. The topological polar surface area (TPSA) is 87.1 Å². The maximum absolute atomic E-state index is 5.86. The molecule has 0 unspecified atom stereocenters. The minimum absolute atomic E-state index is 0.413. The highest BCUT2D eigenvalue weighted by Gasteiger charge is 2.18. The third-order valence-electron chi connectivity index (χ3n) is 4.01. The number of aryl methyl sites for hydroxylation is 1. The van der Waals surface area contributed by atoms with E-state index in [1.54, 1.807) is 12.4 Å². The van der Waals surface area contributed by atoms with Crippen LogP contribution in [0.25, 0.3) is 22.9 Å². The fraction of sp³-hybridized carbons (Fsp3) is 0.200. The first kappa shape index (κ1) is 17.0. The molecule has 1 aromatic carbocycles. The molecule has 0 aliphatic heterocycles. The average Bonchev–Trinajstić information content (AvgIpc) is 3.31. The Hall–Kier alpha value is -3.48. The summed E-state index contributed by atoms with van der Waals surface area (Å²) in [6.07, 6.45) is 3.79. The summed E-state index contributed by atoms with van der Waals surface area (Å²) in [7, 11) is 0. The number of ether oxygens (including phenoxy) is 1. The predicted octanol–water partition coefficient (Wildman–Crippen LogP) is 4.08. The quantitative estimate of drug-likeness (QED) is 0.510. The van der Waals surface area contributed by atoms with Crippen molar-refractivity contribution in [2.45, 2.75) is 20.3 Å². The predicted molar refractivity (Wildman–Crippen MR) is 98.2 cm³/mol. The standard InChI is InChI=1S/C20H18N4O3/c1-3-25-17-9-5-4-8-15(17)20-22-16(13(2)26-20)11-18-23-19(27-24-18)14-7-6-10-21-12-14/h4-10,12H,3,11H2,1-2H3. The first-order chi connectivity index (χ1) is 13.2. The van der Waals surface area contributed by atoms with Crippen molar-refractivity contribution in [3.8, 4) is 28.7 Å². The molecule has 0 bridgehead atoms. The summed E-state index contributed by atoms with van der Waals surface area (Å²) >= 11 is 0. The fourth-order valence-corrected chi connectivity index (χ4v) is 2.71. The minimum Gasteiger partial charge on any atom is -0.493 e. The van der Waals surface area contributed by atoms with Crippen LogP contribution in [-0.4, -0.2) is 26.7 Å². The van der Waals surface area contributed by atoms with Crippen molar-refractivity contribution in [1.82, 2.24) is 20.1 Å². The Balaban J connectivity index is 1.59. The third kappa shape index (κ3) is 3.57. The summed E-state index contributed by atoms with van der Waals surface area (Å²) in [6.45, 7) is 4.39. The Morgan fingerprint density at radius 2 is 1.93 bits per heavy atom. The van der Waals surface area contributed by atoms with Gasteiger partial charge >= 0.3 is 0 Å². The van der Waals surface area contributed by atoms with E-state index in [9.17, 15) is 0 Å². The average molecular weight is 362 g/mol. The molecule has 7 heteroatoms. The van der Waals surface area contributed by atoms with Gasteiger partial charge in [0.25, 0.3) is 5.89 Å². The van der Waals surface area contributed by atoms with E-state index in [1.807, 2.05) is 50.2 Å². The first-order valence-electron chi connectivity index (χ1n) is 8.66. The van der Waals surface area contributed by atoms with Gasteiger partial charge in [0.2, 0.25) is 5.89 Å². The van der Waals surface area contributed by atoms with Crippen molar-refractivity contribution in [2.75, 3.05) is 6.61 Å². The molecular formula is C20H18N4O3. The van der Waals surface area contributed by atoms with Gasteiger partial charge in [0.05, 0.1) is 29.8 Å². The zero-order valence-corrected chi connectivity index (χ0v) is 15.0. The molecule has 0 aliphatic rings. The van der Waals surface area contributed by atoms with Crippen LogP contribution in [0.15, 0.2) is 57.7 Å². The molecule has 0 N–H and O–H groups in total. The maximum Gasteiger partial charge on any atom is 0.259 e. The molecule has 7 nitrogen and oxygen atoms in total. The number of para-hydroxylation sites is 1. The number of oxazole rings is 1. The van der Waals surface area contributed by atoms with Crippen LogP contribution in [0.5, 0.6) is 5.75 Å². The van der Waals surface area contributed by atoms with Crippen LogP contribution in [0.3, 0.4) is 0 Å². The molecule has 0 aliphatic carbocycles. The van der Waals surface area contributed by atoms with Crippen LogP contribution in [-0.2, 0) is 6.42 Å². The van der Waals surface area contributed by atoms with Crippen LogP contribution in [0, 0.1) is 6.92 Å². The van der Waals surface area contributed by atoms with Crippen molar-refractivity contribution < 1.29 is 13.7 Å². The van der Waals surface area contributed by atoms with Crippen LogP contribution in [0.1, 0.15) is 24.2 Å². The number of aromatic nitrogens is 4. The zero-order chi connectivity index (χ0) is 18.6. The molecule has 4 aromatic rings. The Morgan fingerprint density at radius 3 is 2.74 bits per heavy atom. The van der Waals surface area contributed by atoms with Gasteiger partial charge in [0.1, 0.15) is 11.5 Å². The van der Waals surface area contributed by atoms with E-state index >= 15 is 0 Å². The molecule has 4 rings (SSSR count). The lowest BCUT2D eigenvalue weighted by molar-refractivity contribution is 0.340. The molecule has 0 atom stereocenters. The normalized spacial score (nSPS) is 10.9. The lowest BCUT2D eigenvalue weighted by Crippen LogP contribution is -1.95. The molecule has 136 valence electrons. The molecule has 0 fully saturated rings. The molecule has 3 heterocycles. The van der Waals surface area contributed by atoms with E-state index in [4.69, 9.17) is 13.7 Å². The van der Waals surface area contributed by atoms with Gasteiger partial charge in [-0.25, -0.2) is 4.98 Å². The molecule has 3 aromatic heterocycles. The molecule has 27 heavy (non-hydrogen) atoms. The van der Waals surface area contributed by atoms with E-state index < -0.39 is 0 Å². The zero-order valence-electron chi connectivity index (χ0n) is 15.0. The van der Waals surface area contributed by atoms with E-state index in [-0.39, 0.29) is 0 Å². The second-order valence-electron chi connectivity index (χ2n) is 5.89. The molecular weight excluding hydrogens is 344 g/mol. The Labute approximate surface area is 156 Å². The summed E-state index contributed by atoms with van der Waals surface area (Å²) in [5, 5.41) is 4.04. The van der Waals surface area contributed by atoms with Gasteiger partial charge in [-0.15, -0.1) is 0 Å². The van der Waals surface area contributed by atoms with Crippen LogP contribution >= 0.6 is 0 Å². The van der Waals surface area contributed by atoms with E-state index in [0.717, 1.165) is 22.6 Å². The highest BCUT2D eigenvalue weighted by molar-refractivity contribution is 5.63. The Bertz CT molecular complexity index is 1040. The summed E-state index contributed by atoms with van der Waals surface area (Å²) in [4.78, 5) is 13.1. The lowest BCUT2D eigenvalue weighted by atomic mass is 10.2. The number of nitrogens with zero attached hydrogens (tertiary/aromatic N) is 4. The van der Waals surface area contributed by atoms with Crippen molar-refractivity contribution in [3.63, 3.8) is 0 Å². The number of hydrogen-bond acceptors (Lipinski definition) is 7. The smallest absolute Gasteiger partial charge is 0.259 e. The van der Waals surface area contributed by atoms with E-state index in [1.165, 1.54) is 0 Å². The highest BCUT2D eigenvalue weighted by Crippen LogP contribution is 2.31. The van der Waals surface area contributed by atoms with Gasteiger partial charge in [-0.3, -0.25) is 4.98 Å². The number of rotatable bonds is 6. The van der Waals surface area contributed by atoms with Crippen molar-refractivity contribution in [3.05, 3.63) is 66.1 Å². The van der Waals surface area contributed by atoms with Gasteiger partial charge in [-0.2, -0.15) is 4.98 Å². The number of hydrogen-bond donors (Lipinski definition) is 0. The molecule has 0 spiro atoms. The van der Waals surface area contributed by atoms with Crippen LogP contribution < -0.4 is 4.74 Å². The van der Waals surface area contributed by atoms with Crippen molar-refractivity contribution >= 4 is 0 Å². The highest BCUT2D eigenvalue weighted by atomic mass is 16.5. The van der Waals surface area contributed by atoms with Crippen molar-refractivity contribution in [1.29, 1.82) is 0 Å². The number of benzene rings is 1. The lowest BCUT2D eigenvalue weighted by Gasteiger charge is -2.06. The maximum atomic E-state index is 5.86. The van der Waals surface area contributed by atoms with Gasteiger partial charge < -0.3 is 13.7 Å². The second-order valence-corrected chi connectivity index (χ2v) is 5.89. The summed E-state index contributed by atoms with van der Waals surface area (Å²) in [5.41, 5.74) is 2.35. The molecule has 0 saturated carbocycles. The number of pyridine rings is 1. The summed E-state index contributed by atoms with van der Waals surface area (Å²) in [6, 6.07) is 11.4. The SMILES string of the molecule is CCOc1ccccc1-c1nc(Cc2noc(-c3cccnc3)n2)c(C)o1. The molecule has 0 saturated heterocycles. The first-order valence-corrected chi connectivity index (χ1v) is 8.66. The fourth-order valence-electron chi connectivity index (χ4n) is 2.71. The van der Waals surface area contributed by atoms with Crippen LogP contribution in [0.2, 0.25) is 0 Å². The monoisotopic (exact) mass is 362 g/mol. The van der Waals surface area contributed by atoms with Gasteiger partial charge in [0, 0.05) is 12.4 Å². The van der Waals surface area contributed by atoms with E-state index in [0.29, 0.717) is 36.4 Å². The minimum atomic E-state index is 0.413. The van der Waals surface area contributed by atoms with Gasteiger partial charge in [-0.05, 0) is 38.1 Å². The summed E-state index contributed by atoms with van der Waals surface area (Å²) < 4.78 is 16.9. The van der Waals surface area contributed by atoms with Crippen molar-refractivity contribution in [2.24, 2.45) is 0 Å². The second kappa shape index (κ2) is 7.41. The van der Waals surface area contributed by atoms with E-state index in [2.05, 4.69) is 20.1 Å². The van der Waals surface area contributed by atoms with Crippen LogP contribution in [0.4, 0.5) is 0 Å². The van der Waals surface area contributed by atoms with Gasteiger partial charge in [-0.1, -0.05) is 17.3 Å². The Morgan fingerprint density at radius 1 is 1.04 bits per heavy atom. The largest absolute Gasteiger partial charge is 0.493 e. The summed E-state index contributed by atoms with van der Waals surface area (Å²) in [5.74, 6) is 2.94. The molecule has 0 amide bonds. The Kier molecular flexibility index (Phi) is 4.65.